The highest BCUT2D eigenvalue weighted by Gasteiger charge is 2.35. The first-order valence-electron chi connectivity index (χ1n) is 4.35. The second-order valence-corrected chi connectivity index (χ2v) is 3.48. The lowest BCUT2D eigenvalue weighted by atomic mass is 9.92. The molecule has 7 heteroatoms. The van der Waals surface area contributed by atoms with E-state index in [1.165, 1.54) is 0 Å². The molecule has 0 saturated heterocycles. The van der Waals surface area contributed by atoms with E-state index in [4.69, 9.17) is 11.1 Å². The largest absolute Gasteiger partial charge is 0.600 e. The average Bonchev–Trinajstić information content (AvgIpc) is 2.16. The Bertz CT molecular complexity index is 221. The van der Waals surface area contributed by atoms with Crippen LogP contribution in [-0.2, 0) is 4.94 Å². The SMILES string of the molecule is CC1=CCC([NH+]([O-])O)C([NH+]([O-])ON)C1. The van der Waals surface area contributed by atoms with E-state index >= 15 is 0 Å². The highest BCUT2D eigenvalue weighted by molar-refractivity contribution is 5.06. The molecule has 0 heterocycles. The van der Waals surface area contributed by atoms with Gasteiger partial charge in [0.05, 0.1) is 0 Å². The summed E-state index contributed by atoms with van der Waals surface area (Å²) in [7, 11) is 0. The number of rotatable bonds is 3. The fourth-order valence-electron chi connectivity index (χ4n) is 1.67. The van der Waals surface area contributed by atoms with Crippen molar-refractivity contribution in [3.05, 3.63) is 22.1 Å². The van der Waals surface area contributed by atoms with E-state index < -0.39 is 22.5 Å². The van der Waals surface area contributed by atoms with Crippen molar-refractivity contribution < 1.29 is 20.6 Å². The smallest absolute Gasteiger partial charge is 0.178 e. The van der Waals surface area contributed by atoms with Gasteiger partial charge in [0.15, 0.2) is 12.1 Å². The Labute approximate surface area is 81.4 Å². The van der Waals surface area contributed by atoms with Gasteiger partial charge in [-0.05, 0) is 6.92 Å². The Hall–Kier alpha value is -0.540. The maximum Gasteiger partial charge on any atom is 0.178 e. The van der Waals surface area contributed by atoms with Gasteiger partial charge in [0.1, 0.15) is 0 Å². The van der Waals surface area contributed by atoms with Gasteiger partial charge >= 0.3 is 0 Å². The molecule has 0 bridgehead atoms. The molecule has 82 valence electrons. The molecular weight excluding hydrogens is 190 g/mol. The van der Waals surface area contributed by atoms with Crippen LogP contribution in [0.5, 0.6) is 0 Å². The summed E-state index contributed by atoms with van der Waals surface area (Å²) in [6.07, 6.45) is 2.60. The molecule has 0 spiro atoms. The normalized spacial score (nSPS) is 32.2. The predicted molar refractivity (Wildman–Crippen MR) is 46.3 cm³/mol. The van der Waals surface area contributed by atoms with Crippen LogP contribution in [0.25, 0.3) is 0 Å². The molecule has 0 aromatic carbocycles. The van der Waals surface area contributed by atoms with Crippen molar-refractivity contribution in [2.75, 3.05) is 0 Å². The van der Waals surface area contributed by atoms with Gasteiger partial charge in [-0.2, -0.15) is 11.1 Å². The molecule has 0 saturated carbocycles. The van der Waals surface area contributed by atoms with Crippen molar-refractivity contribution in [2.24, 2.45) is 5.90 Å². The van der Waals surface area contributed by atoms with E-state index in [1.807, 2.05) is 13.0 Å². The molecule has 1 rings (SSSR count). The molecule has 0 aliphatic heterocycles. The summed E-state index contributed by atoms with van der Waals surface area (Å²) in [5.41, 5.74) is 0.998. The monoisotopic (exact) mass is 205 g/mol. The van der Waals surface area contributed by atoms with E-state index in [2.05, 4.69) is 4.94 Å². The van der Waals surface area contributed by atoms with Gasteiger partial charge in [0, 0.05) is 12.8 Å². The number of hydrogen-bond acceptors (Lipinski definition) is 5. The van der Waals surface area contributed by atoms with Gasteiger partial charge in [0.25, 0.3) is 0 Å². The Morgan fingerprint density at radius 3 is 2.71 bits per heavy atom. The Morgan fingerprint density at radius 2 is 2.21 bits per heavy atom. The van der Waals surface area contributed by atoms with Gasteiger partial charge in [-0.15, -0.1) is 4.94 Å². The van der Waals surface area contributed by atoms with Crippen molar-refractivity contribution >= 4 is 0 Å². The molecule has 7 nitrogen and oxygen atoms in total. The molecule has 4 atom stereocenters. The summed E-state index contributed by atoms with van der Waals surface area (Å²) in [5, 5.41) is 29.2. The van der Waals surface area contributed by atoms with Crippen LogP contribution in [0.2, 0.25) is 0 Å². The Kier molecular flexibility index (Phi) is 3.96. The van der Waals surface area contributed by atoms with Crippen LogP contribution in [0.15, 0.2) is 11.6 Å². The molecule has 0 radical (unpaired) electrons. The van der Waals surface area contributed by atoms with E-state index in [0.717, 1.165) is 5.57 Å². The van der Waals surface area contributed by atoms with Crippen LogP contribution in [0.1, 0.15) is 19.8 Å². The minimum atomic E-state index is -0.982. The number of nitrogens with two attached hydrogens (primary N) is 1. The summed E-state index contributed by atoms with van der Waals surface area (Å²) in [5.74, 6) is 4.75. The van der Waals surface area contributed by atoms with Crippen molar-refractivity contribution in [1.82, 2.24) is 0 Å². The van der Waals surface area contributed by atoms with Crippen LogP contribution < -0.4 is 16.4 Å². The van der Waals surface area contributed by atoms with E-state index in [-0.39, 0.29) is 0 Å². The molecule has 4 unspecified atom stereocenters. The van der Waals surface area contributed by atoms with Gasteiger partial charge in [-0.1, -0.05) is 11.6 Å². The quantitative estimate of drug-likeness (QED) is 0.299. The van der Waals surface area contributed by atoms with Crippen molar-refractivity contribution in [1.29, 1.82) is 0 Å². The first-order chi connectivity index (χ1) is 6.56. The summed E-state index contributed by atoms with van der Waals surface area (Å²) < 4.78 is 0. The highest BCUT2D eigenvalue weighted by atomic mass is 16.9. The van der Waals surface area contributed by atoms with Crippen molar-refractivity contribution in [2.45, 2.75) is 31.8 Å². The van der Waals surface area contributed by atoms with E-state index in [0.29, 0.717) is 12.8 Å². The summed E-state index contributed by atoms with van der Waals surface area (Å²) in [4.78, 5) is 4.09. The average molecular weight is 205 g/mol. The molecule has 5 N–H and O–H groups in total. The first-order valence-corrected chi connectivity index (χ1v) is 4.35. The van der Waals surface area contributed by atoms with Gasteiger partial charge in [0.2, 0.25) is 0 Å². The number of hydroxylamine groups is 4. The zero-order chi connectivity index (χ0) is 10.7. The fraction of sp³-hybridized carbons (Fsp3) is 0.714. The molecule has 0 amide bonds. The van der Waals surface area contributed by atoms with Crippen LogP contribution >= 0.6 is 0 Å². The minimum Gasteiger partial charge on any atom is -0.600 e. The lowest BCUT2D eigenvalue weighted by Crippen LogP contribution is -3.21. The topological polar surface area (TPSA) is 110 Å². The lowest BCUT2D eigenvalue weighted by Gasteiger charge is -2.36. The number of hydrogen-bond donors (Lipinski definition) is 4. The standard InChI is InChI=1S/C7H15N3O4/c1-5-2-3-6(9(11)12)7(4-5)10(13)14-8/h2,6-7,9-11H,3-4,8H2,1H3. The Balaban J connectivity index is 2.72. The van der Waals surface area contributed by atoms with Crippen LogP contribution in [-0.4, -0.2) is 17.3 Å². The van der Waals surface area contributed by atoms with Crippen LogP contribution in [0.4, 0.5) is 0 Å². The maximum absolute atomic E-state index is 11.2. The maximum atomic E-state index is 11.2. The summed E-state index contributed by atoms with van der Waals surface area (Å²) in [6.45, 7) is 1.86. The third-order valence-electron chi connectivity index (χ3n) is 2.48. The Morgan fingerprint density at radius 1 is 1.57 bits per heavy atom. The molecule has 14 heavy (non-hydrogen) atoms. The molecule has 1 aliphatic carbocycles. The molecule has 0 fully saturated rings. The summed E-state index contributed by atoms with van der Waals surface area (Å²) >= 11 is 0. The fourth-order valence-corrected chi connectivity index (χ4v) is 1.67. The molecule has 0 aromatic heterocycles. The lowest BCUT2D eigenvalue weighted by molar-refractivity contribution is -1.13. The third-order valence-corrected chi connectivity index (χ3v) is 2.48. The van der Waals surface area contributed by atoms with Gasteiger partial charge < -0.3 is 10.4 Å². The second kappa shape index (κ2) is 4.80. The van der Waals surface area contributed by atoms with Crippen LogP contribution in [0.3, 0.4) is 0 Å². The van der Waals surface area contributed by atoms with Gasteiger partial charge in [-0.25, -0.2) is 10.4 Å². The summed E-state index contributed by atoms with van der Waals surface area (Å²) in [6, 6.07) is -1.36. The zero-order valence-electron chi connectivity index (χ0n) is 7.90. The van der Waals surface area contributed by atoms with Gasteiger partial charge in [-0.3, -0.25) is 0 Å². The molecule has 1 aliphatic rings. The highest BCUT2D eigenvalue weighted by Crippen LogP contribution is 2.14. The number of quaternary nitrogens is 2. The minimum absolute atomic E-state index is 0.362. The first kappa shape index (κ1) is 11.5. The van der Waals surface area contributed by atoms with E-state index in [9.17, 15) is 10.4 Å². The van der Waals surface area contributed by atoms with E-state index in [1.54, 1.807) is 0 Å². The van der Waals surface area contributed by atoms with Crippen LogP contribution in [0, 0.1) is 10.4 Å². The predicted octanol–water partition coefficient (Wildman–Crippen LogP) is -2.58. The number of nitrogens with one attached hydrogen (secondary N) is 2. The zero-order valence-corrected chi connectivity index (χ0v) is 7.90. The molecular formula is C7H15N3O4. The second-order valence-electron chi connectivity index (χ2n) is 3.48. The van der Waals surface area contributed by atoms with Crippen molar-refractivity contribution in [3.63, 3.8) is 0 Å². The molecule has 0 aromatic rings. The third kappa shape index (κ3) is 2.49. The van der Waals surface area contributed by atoms with Crippen molar-refractivity contribution in [3.8, 4) is 0 Å².